The van der Waals surface area contributed by atoms with E-state index in [0.29, 0.717) is 36.8 Å². The second kappa shape index (κ2) is 8.22. The van der Waals surface area contributed by atoms with E-state index in [-0.39, 0.29) is 11.8 Å². The standard InChI is InChI=1S/C22H26N6O2/c1-14-19(15(2)28-22(26-14)24-13-25-28)10-11-20(29)27(18-8-9-18)12-16-4-6-17(7-5-16)21(30)23-3/h4-7,13,18H,8-12H2,1-3H3,(H,23,30). The third-order valence-corrected chi connectivity index (χ3v) is 5.68. The van der Waals surface area contributed by atoms with Crippen LogP contribution in [0.3, 0.4) is 0 Å². The van der Waals surface area contributed by atoms with Crippen molar-refractivity contribution in [3.63, 3.8) is 0 Å². The van der Waals surface area contributed by atoms with Gasteiger partial charge in [0.25, 0.3) is 11.7 Å². The number of fused-ring (bicyclic) bond motifs is 1. The first-order valence-corrected chi connectivity index (χ1v) is 10.2. The molecule has 0 atom stereocenters. The van der Waals surface area contributed by atoms with Crippen LogP contribution in [-0.4, -0.2) is 49.4 Å². The van der Waals surface area contributed by atoms with Crippen LogP contribution < -0.4 is 5.32 Å². The molecule has 2 aromatic heterocycles. The molecule has 0 bridgehead atoms. The lowest BCUT2D eigenvalue weighted by Gasteiger charge is -2.23. The van der Waals surface area contributed by atoms with E-state index in [1.54, 1.807) is 23.7 Å². The lowest BCUT2D eigenvalue weighted by atomic mass is 10.1. The molecule has 0 saturated heterocycles. The number of rotatable bonds is 7. The Labute approximate surface area is 175 Å². The van der Waals surface area contributed by atoms with Crippen LogP contribution in [0.4, 0.5) is 0 Å². The first-order chi connectivity index (χ1) is 14.5. The number of amides is 2. The first-order valence-electron chi connectivity index (χ1n) is 10.2. The van der Waals surface area contributed by atoms with Crippen LogP contribution in [0.5, 0.6) is 0 Å². The molecule has 0 aliphatic heterocycles. The van der Waals surface area contributed by atoms with Crippen molar-refractivity contribution in [3.8, 4) is 0 Å². The van der Waals surface area contributed by atoms with Gasteiger partial charge in [-0.3, -0.25) is 9.59 Å². The zero-order valence-electron chi connectivity index (χ0n) is 17.6. The highest BCUT2D eigenvalue weighted by molar-refractivity contribution is 5.93. The molecule has 1 aliphatic carbocycles. The van der Waals surface area contributed by atoms with Gasteiger partial charge in [0, 0.05) is 43.0 Å². The number of hydrogen-bond acceptors (Lipinski definition) is 5. The molecule has 156 valence electrons. The second-order valence-electron chi connectivity index (χ2n) is 7.76. The molecular formula is C22H26N6O2. The number of carbonyl (C=O) groups is 2. The smallest absolute Gasteiger partial charge is 0.252 e. The Morgan fingerprint density at radius 3 is 2.60 bits per heavy atom. The Balaban J connectivity index is 1.45. The molecule has 8 heteroatoms. The Kier molecular flexibility index (Phi) is 5.48. The Bertz CT molecular complexity index is 1080. The molecule has 0 radical (unpaired) electrons. The molecule has 8 nitrogen and oxygen atoms in total. The lowest BCUT2D eigenvalue weighted by Crippen LogP contribution is -2.33. The van der Waals surface area contributed by atoms with Gasteiger partial charge in [-0.05, 0) is 56.4 Å². The maximum absolute atomic E-state index is 13.1. The van der Waals surface area contributed by atoms with E-state index in [4.69, 9.17) is 0 Å². The largest absolute Gasteiger partial charge is 0.355 e. The Morgan fingerprint density at radius 2 is 1.93 bits per heavy atom. The number of aryl methyl sites for hydroxylation is 2. The van der Waals surface area contributed by atoms with Gasteiger partial charge in [0.2, 0.25) is 5.91 Å². The molecule has 1 N–H and O–H groups in total. The molecule has 1 fully saturated rings. The molecule has 1 aliphatic rings. The van der Waals surface area contributed by atoms with Crippen molar-refractivity contribution in [2.75, 3.05) is 7.05 Å². The maximum Gasteiger partial charge on any atom is 0.252 e. The summed E-state index contributed by atoms with van der Waals surface area (Å²) in [6.07, 6.45) is 4.64. The van der Waals surface area contributed by atoms with Gasteiger partial charge >= 0.3 is 0 Å². The summed E-state index contributed by atoms with van der Waals surface area (Å²) in [4.78, 5) is 35.4. The van der Waals surface area contributed by atoms with Crippen molar-refractivity contribution < 1.29 is 9.59 Å². The van der Waals surface area contributed by atoms with Crippen LogP contribution in [0.2, 0.25) is 0 Å². The summed E-state index contributed by atoms with van der Waals surface area (Å²) in [5.74, 6) is 0.616. The minimum atomic E-state index is -0.111. The molecule has 1 saturated carbocycles. The number of benzene rings is 1. The van der Waals surface area contributed by atoms with Gasteiger partial charge in [-0.2, -0.15) is 10.1 Å². The van der Waals surface area contributed by atoms with Gasteiger partial charge in [-0.15, -0.1) is 0 Å². The monoisotopic (exact) mass is 406 g/mol. The summed E-state index contributed by atoms with van der Waals surface area (Å²) in [6.45, 7) is 4.51. The third kappa shape index (κ3) is 4.03. The zero-order valence-corrected chi connectivity index (χ0v) is 17.6. The maximum atomic E-state index is 13.1. The van der Waals surface area contributed by atoms with Crippen molar-refractivity contribution in [3.05, 3.63) is 58.7 Å². The molecule has 4 rings (SSSR count). The van der Waals surface area contributed by atoms with E-state index in [2.05, 4.69) is 20.4 Å². The first kappa shape index (κ1) is 20.0. The highest BCUT2D eigenvalue weighted by Crippen LogP contribution is 2.29. The van der Waals surface area contributed by atoms with Crippen LogP contribution in [0, 0.1) is 13.8 Å². The molecule has 2 amide bonds. The minimum Gasteiger partial charge on any atom is -0.355 e. The molecule has 2 heterocycles. The van der Waals surface area contributed by atoms with E-state index in [1.807, 2.05) is 30.9 Å². The van der Waals surface area contributed by atoms with Crippen molar-refractivity contribution in [2.24, 2.45) is 0 Å². The van der Waals surface area contributed by atoms with E-state index in [9.17, 15) is 9.59 Å². The average Bonchev–Trinajstić information content (AvgIpc) is 3.48. The van der Waals surface area contributed by atoms with Crippen LogP contribution in [0.1, 0.15) is 52.1 Å². The number of nitrogens with zero attached hydrogens (tertiary/aromatic N) is 5. The van der Waals surface area contributed by atoms with Crippen LogP contribution in [-0.2, 0) is 17.8 Å². The average molecular weight is 406 g/mol. The number of nitrogens with one attached hydrogen (secondary N) is 1. The van der Waals surface area contributed by atoms with E-state index >= 15 is 0 Å². The fourth-order valence-electron chi connectivity index (χ4n) is 3.80. The summed E-state index contributed by atoms with van der Waals surface area (Å²) in [5.41, 5.74) is 4.56. The Morgan fingerprint density at radius 1 is 1.20 bits per heavy atom. The second-order valence-corrected chi connectivity index (χ2v) is 7.76. The fraction of sp³-hybridized carbons (Fsp3) is 0.409. The van der Waals surface area contributed by atoms with Crippen molar-refractivity contribution in [1.82, 2.24) is 29.8 Å². The summed E-state index contributed by atoms with van der Waals surface area (Å²) in [6, 6.07) is 7.76. The Hall–Kier alpha value is -3.29. The predicted molar refractivity (Wildman–Crippen MR) is 112 cm³/mol. The van der Waals surface area contributed by atoms with Gasteiger partial charge in [-0.1, -0.05) is 12.1 Å². The van der Waals surface area contributed by atoms with Crippen LogP contribution >= 0.6 is 0 Å². The molecule has 0 unspecified atom stereocenters. The van der Waals surface area contributed by atoms with E-state index in [1.165, 1.54) is 6.33 Å². The zero-order chi connectivity index (χ0) is 21.3. The van der Waals surface area contributed by atoms with Gasteiger partial charge in [0.05, 0.1) is 0 Å². The number of hydrogen-bond donors (Lipinski definition) is 1. The van der Waals surface area contributed by atoms with Crippen LogP contribution in [0.15, 0.2) is 30.6 Å². The molecular weight excluding hydrogens is 380 g/mol. The predicted octanol–water partition coefficient (Wildman–Crippen LogP) is 2.22. The fourth-order valence-corrected chi connectivity index (χ4v) is 3.80. The molecule has 30 heavy (non-hydrogen) atoms. The molecule has 1 aromatic carbocycles. The normalized spacial score (nSPS) is 13.4. The SMILES string of the molecule is CNC(=O)c1ccc(CN(C(=O)CCc2c(C)nc3ncnn3c2C)C2CC2)cc1. The summed E-state index contributed by atoms with van der Waals surface area (Å²) in [5, 5.41) is 6.84. The highest BCUT2D eigenvalue weighted by Gasteiger charge is 2.32. The third-order valence-electron chi connectivity index (χ3n) is 5.68. The molecule has 0 spiro atoms. The van der Waals surface area contributed by atoms with Gasteiger partial charge in [0.15, 0.2) is 0 Å². The van der Waals surface area contributed by atoms with Gasteiger partial charge in [-0.25, -0.2) is 9.50 Å². The topological polar surface area (TPSA) is 92.5 Å². The quantitative estimate of drug-likeness (QED) is 0.650. The minimum absolute atomic E-state index is 0.111. The lowest BCUT2D eigenvalue weighted by molar-refractivity contribution is -0.132. The van der Waals surface area contributed by atoms with Gasteiger partial charge < -0.3 is 10.2 Å². The highest BCUT2D eigenvalue weighted by atomic mass is 16.2. The summed E-state index contributed by atoms with van der Waals surface area (Å²) in [7, 11) is 1.61. The molecule has 3 aromatic rings. The summed E-state index contributed by atoms with van der Waals surface area (Å²) < 4.78 is 1.72. The van der Waals surface area contributed by atoms with Crippen molar-refractivity contribution >= 4 is 17.6 Å². The van der Waals surface area contributed by atoms with Crippen molar-refractivity contribution in [1.29, 1.82) is 0 Å². The van der Waals surface area contributed by atoms with Crippen LogP contribution in [0.25, 0.3) is 5.78 Å². The summed E-state index contributed by atoms with van der Waals surface area (Å²) >= 11 is 0. The number of aromatic nitrogens is 4. The van der Waals surface area contributed by atoms with Gasteiger partial charge in [0.1, 0.15) is 6.33 Å². The van der Waals surface area contributed by atoms with E-state index in [0.717, 1.165) is 35.4 Å². The van der Waals surface area contributed by atoms with E-state index < -0.39 is 0 Å². The number of carbonyl (C=O) groups excluding carboxylic acids is 2. The van der Waals surface area contributed by atoms with Crippen molar-refractivity contribution in [2.45, 2.75) is 52.1 Å².